The summed E-state index contributed by atoms with van der Waals surface area (Å²) in [5.74, 6) is -0.363. The monoisotopic (exact) mass is 194 g/mol. The Morgan fingerprint density at radius 1 is 1.36 bits per heavy atom. The van der Waals surface area contributed by atoms with Gasteiger partial charge in [0.05, 0.1) is 0 Å². The van der Waals surface area contributed by atoms with Gasteiger partial charge < -0.3 is 4.90 Å². The average Bonchev–Trinajstić information content (AvgIpc) is 2.93. The van der Waals surface area contributed by atoms with E-state index in [1.54, 1.807) is 0 Å². The van der Waals surface area contributed by atoms with Crippen LogP contribution in [0.3, 0.4) is 0 Å². The standard InChI is InChI=1S/C10H14N2O2/c1-11(8-2-3-8)6-7-12-9(13)4-5-10(12)14/h4-5,8H,2-3,6-7H2,1H3. The molecule has 4 heteroatoms. The van der Waals surface area contributed by atoms with E-state index in [1.807, 2.05) is 7.05 Å². The summed E-state index contributed by atoms with van der Waals surface area (Å²) in [6.07, 6.45) is 5.16. The fourth-order valence-corrected chi connectivity index (χ4v) is 1.61. The van der Waals surface area contributed by atoms with E-state index in [1.165, 1.54) is 29.9 Å². The van der Waals surface area contributed by atoms with Crippen LogP contribution in [0.15, 0.2) is 12.2 Å². The van der Waals surface area contributed by atoms with Crippen LogP contribution in [0.5, 0.6) is 0 Å². The fraction of sp³-hybridized carbons (Fsp3) is 0.600. The van der Waals surface area contributed by atoms with Gasteiger partial charge in [-0.1, -0.05) is 0 Å². The summed E-state index contributed by atoms with van der Waals surface area (Å²) < 4.78 is 0. The van der Waals surface area contributed by atoms with E-state index >= 15 is 0 Å². The molecule has 1 heterocycles. The molecule has 76 valence electrons. The summed E-state index contributed by atoms with van der Waals surface area (Å²) in [6.45, 7) is 1.29. The number of rotatable bonds is 4. The molecular weight excluding hydrogens is 180 g/mol. The third-order valence-corrected chi connectivity index (χ3v) is 2.75. The molecule has 4 nitrogen and oxygen atoms in total. The number of carbonyl (C=O) groups is 2. The van der Waals surface area contributed by atoms with E-state index in [0.717, 1.165) is 6.54 Å². The highest BCUT2D eigenvalue weighted by atomic mass is 16.2. The molecule has 0 atom stereocenters. The molecule has 2 aliphatic rings. The molecule has 1 fully saturated rings. The van der Waals surface area contributed by atoms with Gasteiger partial charge in [0.2, 0.25) is 0 Å². The van der Waals surface area contributed by atoms with Crippen LogP contribution in [-0.2, 0) is 9.59 Å². The van der Waals surface area contributed by atoms with Gasteiger partial charge in [-0.15, -0.1) is 0 Å². The predicted molar refractivity (Wildman–Crippen MR) is 51.5 cm³/mol. The maximum Gasteiger partial charge on any atom is 0.253 e. The zero-order valence-corrected chi connectivity index (χ0v) is 8.27. The molecule has 2 amide bonds. The normalized spacial score (nSPS) is 21.4. The van der Waals surface area contributed by atoms with Crippen LogP contribution in [0.2, 0.25) is 0 Å². The minimum atomic E-state index is -0.181. The zero-order valence-electron chi connectivity index (χ0n) is 8.27. The van der Waals surface area contributed by atoms with Crippen molar-refractivity contribution < 1.29 is 9.59 Å². The summed E-state index contributed by atoms with van der Waals surface area (Å²) >= 11 is 0. The Kier molecular flexibility index (Phi) is 2.37. The van der Waals surface area contributed by atoms with E-state index in [-0.39, 0.29) is 11.8 Å². The van der Waals surface area contributed by atoms with Crippen molar-refractivity contribution in [3.8, 4) is 0 Å². The molecule has 1 aliphatic heterocycles. The highest BCUT2D eigenvalue weighted by Crippen LogP contribution is 2.24. The summed E-state index contributed by atoms with van der Waals surface area (Å²) in [4.78, 5) is 25.9. The maximum absolute atomic E-state index is 11.2. The van der Waals surface area contributed by atoms with Gasteiger partial charge in [0.15, 0.2) is 0 Å². The Hall–Kier alpha value is -1.16. The molecule has 0 bridgehead atoms. The van der Waals surface area contributed by atoms with Gasteiger partial charge in [-0.05, 0) is 19.9 Å². The molecule has 1 aliphatic carbocycles. The maximum atomic E-state index is 11.2. The van der Waals surface area contributed by atoms with Gasteiger partial charge >= 0.3 is 0 Å². The summed E-state index contributed by atoms with van der Waals surface area (Å²) in [7, 11) is 2.04. The van der Waals surface area contributed by atoms with Gasteiger partial charge in [0.1, 0.15) is 0 Å². The van der Waals surface area contributed by atoms with Crippen molar-refractivity contribution in [1.82, 2.24) is 9.80 Å². The lowest BCUT2D eigenvalue weighted by molar-refractivity contribution is -0.136. The van der Waals surface area contributed by atoms with Crippen molar-refractivity contribution >= 4 is 11.8 Å². The van der Waals surface area contributed by atoms with Gasteiger partial charge in [-0.25, -0.2) is 0 Å². The quantitative estimate of drug-likeness (QED) is 0.592. The van der Waals surface area contributed by atoms with E-state index in [2.05, 4.69) is 4.90 Å². The average molecular weight is 194 g/mol. The second kappa shape index (κ2) is 3.53. The lowest BCUT2D eigenvalue weighted by atomic mass is 10.4. The van der Waals surface area contributed by atoms with Crippen LogP contribution in [0.25, 0.3) is 0 Å². The van der Waals surface area contributed by atoms with Crippen molar-refractivity contribution in [2.75, 3.05) is 20.1 Å². The Labute approximate surface area is 83.2 Å². The molecule has 2 rings (SSSR count). The second-order valence-electron chi connectivity index (χ2n) is 3.87. The molecule has 0 aromatic carbocycles. The molecule has 0 N–H and O–H groups in total. The van der Waals surface area contributed by atoms with Gasteiger partial charge in [-0.3, -0.25) is 14.5 Å². The number of likely N-dealkylation sites (N-methyl/N-ethyl adjacent to an activating group) is 1. The Morgan fingerprint density at radius 2 is 1.93 bits per heavy atom. The topological polar surface area (TPSA) is 40.6 Å². The molecular formula is C10H14N2O2. The highest BCUT2D eigenvalue weighted by molar-refractivity contribution is 6.12. The van der Waals surface area contributed by atoms with Crippen molar-refractivity contribution in [2.45, 2.75) is 18.9 Å². The van der Waals surface area contributed by atoms with Crippen LogP contribution in [0.1, 0.15) is 12.8 Å². The first-order valence-electron chi connectivity index (χ1n) is 4.92. The van der Waals surface area contributed by atoms with Crippen LogP contribution in [-0.4, -0.2) is 47.8 Å². The Balaban J connectivity index is 1.79. The molecule has 14 heavy (non-hydrogen) atoms. The van der Waals surface area contributed by atoms with E-state index in [4.69, 9.17) is 0 Å². The third kappa shape index (κ3) is 1.85. The molecule has 0 spiro atoms. The molecule has 0 unspecified atom stereocenters. The fourth-order valence-electron chi connectivity index (χ4n) is 1.61. The van der Waals surface area contributed by atoms with Gasteiger partial charge in [0, 0.05) is 31.3 Å². The second-order valence-corrected chi connectivity index (χ2v) is 3.87. The van der Waals surface area contributed by atoms with Crippen LogP contribution < -0.4 is 0 Å². The smallest absolute Gasteiger partial charge is 0.253 e. The first-order chi connectivity index (χ1) is 6.68. The molecule has 1 saturated carbocycles. The van der Waals surface area contributed by atoms with Crippen molar-refractivity contribution in [2.24, 2.45) is 0 Å². The van der Waals surface area contributed by atoms with Crippen LogP contribution in [0, 0.1) is 0 Å². The predicted octanol–water partition coefficient (Wildman–Crippen LogP) is 0.00560. The first-order valence-corrected chi connectivity index (χ1v) is 4.92. The largest absolute Gasteiger partial charge is 0.302 e. The van der Waals surface area contributed by atoms with E-state index in [9.17, 15) is 9.59 Å². The lowest BCUT2D eigenvalue weighted by Crippen LogP contribution is -2.37. The number of carbonyl (C=O) groups excluding carboxylic acids is 2. The summed E-state index contributed by atoms with van der Waals surface area (Å²) in [6, 6.07) is 0.677. The third-order valence-electron chi connectivity index (χ3n) is 2.75. The first kappa shape index (κ1) is 9.40. The minimum Gasteiger partial charge on any atom is -0.302 e. The number of hydrogen-bond acceptors (Lipinski definition) is 3. The zero-order chi connectivity index (χ0) is 10.1. The van der Waals surface area contributed by atoms with Crippen molar-refractivity contribution in [3.63, 3.8) is 0 Å². The summed E-state index contributed by atoms with van der Waals surface area (Å²) in [5, 5.41) is 0. The summed E-state index contributed by atoms with van der Waals surface area (Å²) in [5.41, 5.74) is 0. The van der Waals surface area contributed by atoms with Crippen LogP contribution >= 0.6 is 0 Å². The van der Waals surface area contributed by atoms with E-state index in [0.29, 0.717) is 12.6 Å². The molecule has 0 aromatic rings. The molecule has 0 aromatic heterocycles. The van der Waals surface area contributed by atoms with Crippen LogP contribution in [0.4, 0.5) is 0 Å². The van der Waals surface area contributed by atoms with Gasteiger partial charge in [-0.2, -0.15) is 0 Å². The minimum absolute atomic E-state index is 0.181. The van der Waals surface area contributed by atoms with E-state index < -0.39 is 0 Å². The lowest BCUT2D eigenvalue weighted by Gasteiger charge is -2.19. The number of imide groups is 1. The Morgan fingerprint density at radius 3 is 2.43 bits per heavy atom. The number of hydrogen-bond donors (Lipinski definition) is 0. The molecule has 0 saturated heterocycles. The van der Waals surface area contributed by atoms with Crippen molar-refractivity contribution in [3.05, 3.63) is 12.2 Å². The highest BCUT2D eigenvalue weighted by Gasteiger charge is 2.28. The SMILES string of the molecule is CN(CCN1C(=O)C=CC1=O)C1CC1. The van der Waals surface area contributed by atoms with Gasteiger partial charge in [0.25, 0.3) is 11.8 Å². The Bertz CT molecular complexity index is 276. The van der Waals surface area contributed by atoms with Crippen molar-refractivity contribution in [1.29, 1.82) is 0 Å². The number of amides is 2. The number of nitrogens with zero attached hydrogens (tertiary/aromatic N) is 2. The molecule has 0 radical (unpaired) electrons.